The number of rotatable bonds is 6. The molecule has 0 bridgehead atoms. The largest absolute Gasteiger partial charge is 0.508 e. The highest BCUT2D eigenvalue weighted by Gasteiger charge is 2.24. The maximum atomic E-state index is 11.7. The Morgan fingerprint density at radius 3 is 2.68 bits per heavy atom. The molecule has 3 N–H and O–H groups in total. The van der Waals surface area contributed by atoms with Crippen LogP contribution in [0.15, 0.2) is 34.9 Å². The molecule has 162 valence electrons. The Hall–Kier alpha value is -3.16. The van der Waals surface area contributed by atoms with Gasteiger partial charge in [-0.3, -0.25) is 9.69 Å². The molecule has 0 radical (unpaired) electrons. The molecular formula is C24H26N2O5. The molecule has 1 aromatic heterocycles. The summed E-state index contributed by atoms with van der Waals surface area (Å²) in [7, 11) is 0. The van der Waals surface area contributed by atoms with Gasteiger partial charge in [-0.15, -0.1) is 0 Å². The molecule has 0 fully saturated rings. The number of nitrogens with zero attached hydrogens (tertiary/aromatic N) is 2. The van der Waals surface area contributed by atoms with E-state index in [2.05, 4.69) is 10.1 Å². The monoisotopic (exact) mass is 422 g/mol. The molecule has 0 atom stereocenters. The van der Waals surface area contributed by atoms with Gasteiger partial charge in [0.2, 0.25) is 5.76 Å². The normalized spacial score (nSPS) is 14.1. The fourth-order valence-electron chi connectivity index (χ4n) is 4.19. The molecule has 0 saturated heterocycles. The number of aliphatic hydroxyl groups excluding tert-OH is 1. The zero-order valence-corrected chi connectivity index (χ0v) is 17.6. The minimum Gasteiger partial charge on any atom is -0.508 e. The molecule has 1 aliphatic heterocycles. The number of aromatic hydroxyl groups is 2. The predicted molar refractivity (Wildman–Crippen MR) is 116 cm³/mol. The number of aliphatic hydroxyl groups is 1. The topological polar surface area (TPSA) is 107 Å². The quantitative estimate of drug-likeness (QED) is 0.520. The third kappa shape index (κ3) is 3.94. The number of aromatic nitrogens is 1. The van der Waals surface area contributed by atoms with Gasteiger partial charge in [-0.2, -0.15) is 0 Å². The summed E-state index contributed by atoms with van der Waals surface area (Å²) in [5.41, 5.74) is 5.10. The first kappa shape index (κ1) is 21.1. The van der Waals surface area contributed by atoms with Crippen molar-refractivity contribution in [3.05, 3.63) is 52.8 Å². The van der Waals surface area contributed by atoms with Crippen molar-refractivity contribution in [3.8, 4) is 33.9 Å². The van der Waals surface area contributed by atoms with E-state index in [0.29, 0.717) is 35.2 Å². The molecule has 1 aliphatic rings. The van der Waals surface area contributed by atoms with Crippen LogP contribution in [-0.2, 0) is 13.0 Å². The van der Waals surface area contributed by atoms with E-state index >= 15 is 0 Å². The molecule has 0 amide bonds. The number of benzene rings is 2. The second kappa shape index (κ2) is 8.53. The fourth-order valence-corrected chi connectivity index (χ4v) is 4.19. The number of hydrogen-bond acceptors (Lipinski definition) is 7. The summed E-state index contributed by atoms with van der Waals surface area (Å²) < 4.78 is 5.30. The van der Waals surface area contributed by atoms with Crippen molar-refractivity contribution in [2.24, 2.45) is 0 Å². The van der Waals surface area contributed by atoms with Crippen LogP contribution >= 0.6 is 0 Å². The molecule has 7 heteroatoms. The standard InChI is InChI=1S/C24H26N2O5/c1-14(2)18-10-19(21(30)11-20(18)29)24-23(22(13-28)31-25-24)16-3-4-17-12-26(7-8-27)6-5-15(17)9-16/h3-4,9-11,13-14,27,29-30H,5-8,12H2,1-2H3. The minimum atomic E-state index is -0.133. The van der Waals surface area contributed by atoms with Crippen LogP contribution in [0.3, 0.4) is 0 Å². The molecule has 0 unspecified atom stereocenters. The van der Waals surface area contributed by atoms with Crippen LogP contribution in [-0.4, -0.2) is 51.4 Å². The lowest BCUT2D eigenvalue weighted by atomic mass is 9.91. The Bertz CT molecular complexity index is 1120. The summed E-state index contributed by atoms with van der Waals surface area (Å²) in [5.74, 6) is 0.00159. The highest BCUT2D eigenvalue weighted by molar-refractivity contribution is 5.93. The van der Waals surface area contributed by atoms with E-state index in [0.717, 1.165) is 25.1 Å². The number of carbonyl (C=O) groups is 1. The van der Waals surface area contributed by atoms with Crippen molar-refractivity contribution in [1.82, 2.24) is 10.1 Å². The molecule has 0 saturated carbocycles. The van der Waals surface area contributed by atoms with Gasteiger partial charge in [0.05, 0.1) is 12.2 Å². The number of phenols is 2. The molecule has 2 heterocycles. The lowest BCUT2D eigenvalue weighted by Gasteiger charge is -2.28. The summed E-state index contributed by atoms with van der Waals surface area (Å²) in [5, 5.41) is 34.0. The number of carbonyl (C=O) groups excluding carboxylic acids is 1. The van der Waals surface area contributed by atoms with Gasteiger partial charge < -0.3 is 19.8 Å². The Kier molecular flexibility index (Phi) is 5.80. The Balaban J connectivity index is 1.81. The SMILES string of the molecule is CC(C)c1cc(-c2noc(C=O)c2-c2ccc3c(c2)CCN(CCO)C3)c(O)cc1O. The number of β-amino-alcohol motifs (C(OH)–C–C–N with tert-alkyl or cyclic N) is 1. The van der Waals surface area contributed by atoms with E-state index in [4.69, 9.17) is 4.52 Å². The van der Waals surface area contributed by atoms with E-state index in [1.807, 2.05) is 32.0 Å². The number of phenolic OH excluding ortho intramolecular Hbond substituents is 2. The van der Waals surface area contributed by atoms with Crippen LogP contribution in [0.1, 0.15) is 47.0 Å². The first-order valence-corrected chi connectivity index (χ1v) is 10.4. The van der Waals surface area contributed by atoms with E-state index < -0.39 is 0 Å². The van der Waals surface area contributed by atoms with Gasteiger partial charge in [-0.1, -0.05) is 37.2 Å². The second-order valence-electron chi connectivity index (χ2n) is 8.20. The van der Waals surface area contributed by atoms with Gasteiger partial charge in [-0.25, -0.2) is 0 Å². The average molecular weight is 422 g/mol. The van der Waals surface area contributed by atoms with Crippen molar-refractivity contribution < 1.29 is 24.6 Å². The number of aldehydes is 1. The maximum Gasteiger partial charge on any atom is 0.207 e. The Labute approximate surface area is 180 Å². The predicted octanol–water partition coefficient (Wildman–Crippen LogP) is 3.71. The van der Waals surface area contributed by atoms with Crippen molar-refractivity contribution >= 4 is 6.29 Å². The summed E-state index contributed by atoms with van der Waals surface area (Å²) in [6.07, 6.45) is 1.46. The van der Waals surface area contributed by atoms with Gasteiger partial charge in [0, 0.05) is 31.3 Å². The summed E-state index contributed by atoms with van der Waals surface area (Å²) in [4.78, 5) is 13.9. The smallest absolute Gasteiger partial charge is 0.207 e. The van der Waals surface area contributed by atoms with Crippen LogP contribution in [0.25, 0.3) is 22.4 Å². The third-order valence-corrected chi connectivity index (χ3v) is 5.85. The van der Waals surface area contributed by atoms with E-state index in [1.165, 1.54) is 17.2 Å². The molecule has 0 spiro atoms. The van der Waals surface area contributed by atoms with Crippen LogP contribution in [0, 0.1) is 0 Å². The van der Waals surface area contributed by atoms with E-state index in [9.17, 15) is 20.1 Å². The first-order valence-electron chi connectivity index (χ1n) is 10.4. The van der Waals surface area contributed by atoms with Gasteiger partial charge in [0.1, 0.15) is 17.2 Å². The third-order valence-electron chi connectivity index (χ3n) is 5.85. The average Bonchev–Trinajstić information content (AvgIpc) is 3.17. The van der Waals surface area contributed by atoms with Gasteiger partial charge in [0.15, 0.2) is 6.29 Å². The molecule has 3 aromatic rings. The van der Waals surface area contributed by atoms with Crippen molar-refractivity contribution in [1.29, 1.82) is 0 Å². The summed E-state index contributed by atoms with van der Waals surface area (Å²) in [6.45, 7) is 6.29. The molecular weight excluding hydrogens is 396 g/mol. The highest BCUT2D eigenvalue weighted by atomic mass is 16.5. The van der Waals surface area contributed by atoms with Gasteiger partial charge >= 0.3 is 0 Å². The van der Waals surface area contributed by atoms with Crippen LogP contribution in [0.4, 0.5) is 0 Å². The first-order chi connectivity index (χ1) is 14.9. The molecule has 4 rings (SSSR count). The lowest BCUT2D eigenvalue weighted by molar-refractivity contribution is 0.109. The maximum absolute atomic E-state index is 11.7. The Morgan fingerprint density at radius 2 is 1.97 bits per heavy atom. The molecule has 2 aromatic carbocycles. The zero-order chi connectivity index (χ0) is 22.1. The summed E-state index contributed by atoms with van der Waals surface area (Å²) >= 11 is 0. The fraction of sp³-hybridized carbons (Fsp3) is 0.333. The van der Waals surface area contributed by atoms with Crippen LogP contribution < -0.4 is 0 Å². The minimum absolute atomic E-state index is 0.0121. The number of fused-ring (bicyclic) bond motifs is 1. The molecule has 0 aliphatic carbocycles. The van der Waals surface area contributed by atoms with E-state index in [1.54, 1.807) is 6.07 Å². The van der Waals surface area contributed by atoms with Crippen molar-refractivity contribution in [3.63, 3.8) is 0 Å². The lowest BCUT2D eigenvalue weighted by Crippen LogP contribution is -2.32. The molecule has 31 heavy (non-hydrogen) atoms. The summed E-state index contributed by atoms with van der Waals surface area (Å²) in [6, 6.07) is 8.97. The van der Waals surface area contributed by atoms with E-state index in [-0.39, 0.29) is 29.8 Å². The number of hydrogen-bond donors (Lipinski definition) is 3. The van der Waals surface area contributed by atoms with Crippen LogP contribution in [0.2, 0.25) is 0 Å². The van der Waals surface area contributed by atoms with Crippen molar-refractivity contribution in [2.75, 3.05) is 19.7 Å². The highest BCUT2D eigenvalue weighted by Crippen LogP contribution is 2.42. The van der Waals surface area contributed by atoms with Crippen molar-refractivity contribution in [2.45, 2.75) is 32.7 Å². The van der Waals surface area contributed by atoms with Gasteiger partial charge in [-0.05, 0) is 40.7 Å². The second-order valence-corrected chi connectivity index (χ2v) is 8.20. The van der Waals surface area contributed by atoms with Crippen LogP contribution in [0.5, 0.6) is 11.5 Å². The zero-order valence-electron chi connectivity index (χ0n) is 17.6. The Morgan fingerprint density at radius 1 is 1.16 bits per heavy atom. The molecule has 7 nitrogen and oxygen atoms in total. The van der Waals surface area contributed by atoms with Gasteiger partial charge in [0.25, 0.3) is 0 Å².